The third kappa shape index (κ3) is 1.66. The van der Waals surface area contributed by atoms with Crippen LogP contribution in [0.1, 0.15) is 20.7 Å². The second kappa shape index (κ2) is 4.24. The van der Waals surface area contributed by atoms with Crippen LogP contribution in [0.2, 0.25) is 0 Å². The van der Waals surface area contributed by atoms with Crippen molar-refractivity contribution in [3.05, 3.63) is 65.7 Å². The first-order chi connectivity index (χ1) is 10.3. The van der Waals surface area contributed by atoms with Crippen LogP contribution in [0.3, 0.4) is 0 Å². The molecule has 1 aliphatic rings. The summed E-state index contributed by atoms with van der Waals surface area (Å²) in [7, 11) is 0. The zero-order valence-corrected chi connectivity index (χ0v) is 11.0. The molecule has 3 aromatic rings. The standard InChI is InChI=1S/C17H10N2O2/c20-16-13-11-8-4-5-9-12(11)18-15(14(13)17(21)19-16)10-6-2-1-3-7-10/h1-9H,(H,19,20,21). The average Bonchev–Trinajstić information content (AvgIpc) is 2.83. The summed E-state index contributed by atoms with van der Waals surface area (Å²) < 4.78 is 0. The van der Waals surface area contributed by atoms with Crippen LogP contribution in [0.25, 0.3) is 22.2 Å². The number of imide groups is 1. The Labute approximate surface area is 120 Å². The molecule has 4 nitrogen and oxygen atoms in total. The van der Waals surface area contributed by atoms with E-state index in [0.29, 0.717) is 27.7 Å². The van der Waals surface area contributed by atoms with Crippen molar-refractivity contribution < 1.29 is 9.59 Å². The summed E-state index contributed by atoms with van der Waals surface area (Å²) in [5, 5.41) is 3.07. The van der Waals surface area contributed by atoms with E-state index in [-0.39, 0.29) is 11.8 Å². The third-order valence-electron chi connectivity index (χ3n) is 3.62. The first-order valence-corrected chi connectivity index (χ1v) is 6.59. The molecule has 100 valence electrons. The Hall–Kier alpha value is -3.01. The second-order valence-corrected chi connectivity index (χ2v) is 4.88. The summed E-state index contributed by atoms with van der Waals surface area (Å²) in [5.74, 6) is -0.738. The summed E-state index contributed by atoms with van der Waals surface area (Å²) in [5.41, 5.74) is 2.87. The molecule has 4 heteroatoms. The number of carbonyl (C=O) groups excluding carboxylic acids is 2. The lowest BCUT2D eigenvalue weighted by Gasteiger charge is -2.08. The Balaban J connectivity index is 2.16. The van der Waals surface area contributed by atoms with Crippen molar-refractivity contribution >= 4 is 22.7 Å². The Bertz CT molecular complexity index is 901. The molecule has 0 aliphatic carbocycles. The zero-order chi connectivity index (χ0) is 14.4. The summed E-state index contributed by atoms with van der Waals surface area (Å²) in [6.07, 6.45) is 0. The predicted molar refractivity (Wildman–Crippen MR) is 79.0 cm³/mol. The molecular formula is C17H10N2O2. The van der Waals surface area contributed by atoms with Crippen LogP contribution in [0, 0.1) is 0 Å². The van der Waals surface area contributed by atoms with Gasteiger partial charge in [-0.05, 0) is 6.07 Å². The number of hydrogen-bond donors (Lipinski definition) is 1. The number of nitrogens with one attached hydrogen (secondary N) is 1. The van der Waals surface area contributed by atoms with Gasteiger partial charge in [0.2, 0.25) is 0 Å². The molecule has 0 saturated heterocycles. The molecule has 1 aromatic heterocycles. The van der Waals surface area contributed by atoms with Gasteiger partial charge in [-0.3, -0.25) is 14.9 Å². The van der Waals surface area contributed by atoms with Gasteiger partial charge in [0.05, 0.1) is 22.3 Å². The van der Waals surface area contributed by atoms with Gasteiger partial charge in [-0.2, -0.15) is 0 Å². The van der Waals surface area contributed by atoms with E-state index in [4.69, 9.17) is 0 Å². The van der Waals surface area contributed by atoms with Crippen LogP contribution in [0.5, 0.6) is 0 Å². The van der Waals surface area contributed by atoms with Crippen LogP contribution in [0.4, 0.5) is 0 Å². The van der Waals surface area contributed by atoms with Gasteiger partial charge in [0, 0.05) is 10.9 Å². The van der Waals surface area contributed by atoms with Crippen LogP contribution in [-0.2, 0) is 0 Å². The quantitative estimate of drug-likeness (QED) is 0.694. The second-order valence-electron chi connectivity index (χ2n) is 4.88. The smallest absolute Gasteiger partial charge is 0.261 e. The number of para-hydroxylation sites is 1. The largest absolute Gasteiger partial charge is 0.288 e. The maximum atomic E-state index is 12.1. The lowest BCUT2D eigenvalue weighted by Crippen LogP contribution is -2.20. The summed E-state index contributed by atoms with van der Waals surface area (Å²) in [6.45, 7) is 0. The molecule has 0 bridgehead atoms. The number of aromatic nitrogens is 1. The van der Waals surface area contributed by atoms with Gasteiger partial charge in [-0.15, -0.1) is 0 Å². The van der Waals surface area contributed by atoms with Crippen LogP contribution in [-0.4, -0.2) is 16.8 Å². The molecule has 0 saturated carbocycles. The Kier molecular flexibility index (Phi) is 2.38. The summed E-state index contributed by atoms with van der Waals surface area (Å²) in [4.78, 5) is 28.8. The summed E-state index contributed by atoms with van der Waals surface area (Å²) >= 11 is 0. The van der Waals surface area contributed by atoms with Crippen molar-refractivity contribution in [2.75, 3.05) is 0 Å². The van der Waals surface area contributed by atoms with E-state index >= 15 is 0 Å². The number of amides is 2. The van der Waals surface area contributed by atoms with Crippen molar-refractivity contribution in [1.82, 2.24) is 10.3 Å². The molecule has 1 N–H and O–H groups in total. The van der Waals surface area contributed by atoms with Crippen LogP contribution in [0.15, 0.2) is 54.6 Å². The molecule has 0 spiro atoms. The number of nitrogens with zero attached hydrogens (tertiary/aromatic N) is 1. The first-order valence-electron chi connectivity index (χ1n) is 6.59. The fourth-order valence-electron chi connectivity index (χ4n) is 2.70. The topological polar surface area (TPSA) is 59.1 Å². The molecule has 2 heterocycles. The minimum atomic E-state index is -0.382. The number of carbonyl (C=O) groups is 2. The van der Waals surface area contributed by atoms with E-state index in [1.165, 1.54) is 0 Å². The molecule has 1 aliphatic heterocycles. The van der Waals surface area contributed by atoms with Gasteiger partial charge in [-0.25, -0.2) is 4.98 Å². The van der Waals surface area contributed by atoms with Crippen molar-refractivity contribution in [2.45, 2.75) is 0 Å². The van der Waals surface area contributed by atoms with Gasteiger partial charge >= 0.3 is 0 Å². The number of pyridine rings is 1. The van der Waals surface area contributed by atoms with Gasteiger partial charge in [0.25, 0.3) is 11.8 Å². The minimum absolute atomic E-state index is 0.356. The predicted octanol–water partition coefficient (Wildman–Crippen LogP) is 2.79. The molecular weight excluding hydrogens is 264 g/mol. The molecule has 4 rings (SSSR count). The molecule has 0 fully saturated rings. The number of rotatable bonds is 1. The minimum Gasteiger partial charge on any atom is -0.288 e. The first kappa shape index (κ1) is 11.8. The van der Waals surface area contributed by atoms with E-state index in [2.05, 4.69) is 10.3 Å². The Morgan fingerprint density at radius 1 is 0.762 bits per heavy atom. The molecule has 2 aromatic carbocycles. The van der Waals surface area contributed by atoms with Gasteiger partial charge in [0.15, 0.2) is 0 Å². The van der Waals surface area contributed by atoms with Gasteiger partial charge in [0.1, 0.15) is 0 Å². The highest BCUT2D eigenvalue weighted by molar-refractivity contribution is 6.28. The van der Waals surface area contributed by atoms with E-state index in [1.54, 1.807) is 0 Å². The van der Waals surface area contributed by atoms with E-state index < -0.39 is 0 Å². The van der Waals surface area contributed by atoms with Crippen molar-refractivity contribution in [3.63, 3.8) is 0 Å². The average molecular weight is 274 g/mol. The molecule has 21 heavy (non-hydrogen) atoms. The normalized spacial score (nSPS) is 13.3. The Morgan fingerprint density at radius 3 is 2.24 bits per heavy atom. The number of hydrogen-bond acceptors (Lipinski definition) is 3. The van der Waals surface area contributed by atoms with E-state index in [1.807, 2.05) is 54.6 Å². The molecule has 0 atom stereocenters. The van der Waals surface area contributed by atoms with Crippen LogP contribution >= 0.6 is 0 Å². The fourth-order valence-corrected chi connectivity index (χ4v) is 2.70. The zero-order valence-electron chi connectivity index (χ0n) is 11.0. The molecule has 0 unspecified atom stereocenters. The number of benzene rings is 2. The summed E-state index contributed by atoms with van der Waals surface area (Å²) in [6, 6.07) is 16.8. The third-order valence-corrected chi connectivity index (χ3v) is 3.62. The lowest BCUT2D eigenvalue weighted by atomic mass is 9.98. The SMILES string of the molecule is O=C1NC(=O)c2c1c(-c1ccccc1)nc1ccccc21. The highest BCUT2D eigenvalue weighted by atomic mass is 16.2. The Morgan fingerprint density at radius 2 is 1.43 bits per heavy atom. The highest BCUT2D eigenvalue weighted by Gasteiger charge is 2.33. The number of fused-ring (bicyclic) bond motifs is 3. The van der Waals surface area contributed by atoms with Crippen molar-refractivity contribution in [2.24, 2.45) is 0 Å². The van der Waals surface area contributed by atoms with Gasteiger partial charge in [-0.1, -0.05) is 48.5 Å². The maximum Gasteiger partial charge on any atom is 0.261 e. The fraction of sp³-hybridized carbons (Fsp3) is 0. The van der Waals surface area contributed by atoms with E-state index in [9.17, 15) is 9.59 Å². The van der Waals surface area contributed by atoms with Crippen molar-refractivity contribution in [3.8, 4) is 11.3 Å². The maximum absolute atomic E-state index is 12.1. The van der Waals surface area contributed by atoms with Crippen LogP contribution < -0.4 is 5.32 Å². The van der Waals surface area contributed by atoms with Crippen molar-refractivity contribution in [1.29, 1.82) is 0 Å². The van der Waals surface area contributed by atoms with E-state index in [0.717, 1.165) is 5.56 Å². The highest BCUT2D eigenvalue weighted by Crippen LogP contribution is 2.32. The van der Waals surface area contributed by atoms with Gasteiger partial charge < -0.3 is 0 Å². The molecule has 2 amide bonds. The molecule has 0 radical (unpaired) electrons. The lowest BCUT2D eigenvalue weighted by molar-refractivity contribution is 0.0880. The monoisotopic (exact) mass is 274 g/mol.